The number of hydrogen-bond donors (Lipinski definition) is 0. The maximum absolute atomic E-state index is 13.1. The Balaban J connectivity index is 1.64. The summed E-state index contributed by atoms with van der Waals surface area (Å²) in [6, 6.07) is 4.88. The van der Waals surface area contributed by atoms with Gasteiger partial charge in [0.15, 0.2) is 11.6 Å². The van der Waals surface area contributed by atoms with Crippen LogP contribution >= 0.6 is 0 Å². The van der Waals surface area contributed by atoms with E-state index >= 15 is 0 Å². The van der Waals surface area contributed by atoms with Gasteiger partial charge in [-0.1, -0.05) is 6.07 Å². The summed E-state index contributed by atoms with van der Waals surface area (Å²) in [5.41, 5.74) is 0.861. The van der Waals surface area contributed by atoms with Crippen molar-refractivity contribution in [2.45, 2.75) is 25.4 Å². The summed E-state index contributed by atoms with van der Waals surface area (Å²) in [5, 5.41) is 0. The van der Waals surface area contributed by atoms with Crippen LogP contribution in [0.3, 0.4) is 0 Å². The summed E-state index contributed by atoms with van der Waals surface area (Å²) in [7, 11) is 0. The molecule has 4 heteroatoms. The number of nitrogens with zero attached hydrogens (tertiary/aromatic N) is 2. The van der Waals surface area contributed by atoms with Gasteiger partial charge in [-0.2, -0.15) is 0 Å². The summed E-state index contributed by atoms with van der Waals surface area (Å²) in [6.07, 6.45) is 2.57. The van der Waals surface area contributed by atoms with Crippen LogP contribution in [0.1, 0.15) is 18.4 Å². The molecular weight excluding hydrogens is 234 g/mol. The second-order valence-electron chi connectivity index (χ2n) is 5.32. The van der Waals surface area contributed by atoms with E-state index in [2.05, 4.69) is 9.80 Å². The molecule has 0 aliphatic carbocycles. The zero-order valence-corrected chi connectivity index (χ0v) is 10.4. The Morgan fingerprint density at radius 2 is 2.00 bits per heavy atom. The lowest BCUT2D eigenvalue weighted by atomic mass is 10.1. The molecule has 98 valence electrons. The Bertz CT molecular complexity index is 436. The van der Waals surface area contributed by atoms with E-state index in [4.69, 9.17) is 0 Å². The Hall–Kier alpha value is -1.00. The molecule has 0 amide bonds. The summed E-state index contributed by atoms with van der Waals surface area (Å²) >= 11 is 0. The van der Waals surface area contributed by atoms with E-state index in [-0.39, 0.29) is 0 Å². The first kappa shape index (κ1) is 12.1. The lowest BCUT2D eigenvalue weighted by molar-refractivity contribution is 0.0993. The molecule has 2 nitrogen and oxygen atoms in total. The van der Waals surface area contributed by atoms with Gasteiger partial charge in [0, 0.05) is 32.2 Å². The molecular formula is C14H18F2N2. The number of fused-ring (bicyclic) bond motifs is 1. The van der Waals surface area contributed by atoms with Crippen molar-refractivity contribution in [2.75, 3.05) is 26.2 Å². The van der Waals surface area contributed by atoms with Gasteiger partial charge in [-0.05, 0) is 37.1 Å². The van der Waals surface area contributed by atoms with Crippen molar-refractivity contribution in [3.8, 4) is 0 Å². The second kappa shape index (κ2) is 4.94. The number of piperazine rings is 1. The first-order valence-electron chi connectivity index (χ1n) is 6.63. The fourth-order valence-electron chi connectivity index (χ4n) is 3.10. The predicted molar refractivity (Wildman–Crippen MR) is 66.2 cm³/mol. The molecule has 0 aromatic heterocycles. The summed E-state index contributed by atoms with van der Waals surface area (Å²) in [6.45, 7) is 5.13. The van der Waals surface area contributed by atoms with Crippen molar-refractivity contribution < 1.29 is 8.78 Å². The fourth-order valence-corrected chi connectivity index (χ4v) is 3.10. The van der Waals surface area contributed by atoms with E-state index < -0.39 is 11.6 Å². The van der Waals surface area contributed by atoms with Crippen LogP contribution in [0.25, 0.3) is 0 Å². The Morgan fingerprint density at radius 3 is 2.83 bits per heavy atom. The van der Waals surface area contributed by atoms with Gasteiger partial charge in [0.2, 0.25) is 0 Å². The lowest BCUT2D eigenvalue weighted by Crippen LogP contribution is -2.49. The lowest BCUT2D eigenvalue weighted by Gasteiger charge is -2.37. The Kier molecular flexibility index (Phi) is 3.31. The molecule has 2 aliphatic rings. The van der Waals surface area contributed by atoms with Crippen LogP contribution in [0.4, 0.5) is 8.78 Å². The molecule has 1 aromatic carbocycles. The van der Waals surface area contributed by atoms with Crippen molar-refractivity contribution in [3.05, 3.63) is 35.4 Å². The normalized spacial score (nSPS) is 25.3. The minimum absolute atomic E-state index is 0.670. The largest absolute Gasteiger partial charge is 0.298 e. The highest BCUT2D eigenvalue weighted by Crippen LogP contribution is 2.22. The van der Waals surface area contributed by atoms with Crippen LogP contribution < -0.4 is 0 Å². The van der Waals surface area contributed by atoms with E-state index in [1.165, 1.54) is 31.5 Å². The van der Waals surface area contributed by atoms with Crippen LogP contribution in [0, 0.1) is 11.6 Å². The van der Waals surface area contributed by atoms with Crippen molar-refractivity contribution >= 4 is 0 Å². The van der Waals surface area contributed by atoms with Gasteiger partial charge in [0.25, 0.3) is 0 Å². The molecule has 2 saturated heterocycles. The summed E-state index contributed by atoms with van der Waals surface area (Å²) < 4.78 is 26.0. The third-order valence-corrected chi connectivity index (χ3v) is 4.06. The number of benzene rings is 1. The van der Waals surface area contributed by atoms with Gasteiger partial charge < -0.3 is 0 Å². The van der Waals surface area contributed by atoms with Gasteiger partial charge in [-0.25, -0.2) is 8.78 Å². The highest BCUT2D eigenvalue weighted by atomic mass is 19.2. The second-order valence-corrected chi connectivity index (χ2v) is 5.32. The van der Waals surface area contributed by atoms with Crippen LogP contribution in [0.5, 0.6) is 0 Å². The molecule has 3 rings (SSSR count). The summed E-state index contributed by atoms with van der Waals surface area (Å²) in [4.78, 5) is 4.89. The topological polar surface area (TPSA) is 6.48 Å². The van der Waals surface area contributed by atoms with E-state index in [1.54, 1.807) is 6.07 Å². The van der Waals surface area contributed by atoms with Gasteiger partial charge in [0.1, 0.15) is 0 Å². The SMILES string of the molecule is Fc1ccc(CN2CCN3CCCC3C2)cc1F. The number of rotatable bonds is 2. The molecule has 18 heavy (non-hydrogen) atoms. The molecule has 2 aliphatic heterocycles. The highest BCUT2D eigenvalue weighted by molar-refractivity contribution is 5.17. The van der Waals surface area contributed by atoms with Gasteiger partial charge >= 0.3 is 0 Å². The Morgan fingerprint density at radius 1 is 1.11 bits per heavy atom. The van der Waals surface area contributed by atoms with Gasteiger partial charge in [-0.15, -0.1) is 0 Å². The third kappa shape index (κ3) is 2.40. The number of hydrogen-bond acceptors (Lipinski definition) is 2. The molecule has 0 spiro atoms. The molecule has 0 saturated carbocycles. The van der Waals surface area contributed by atoms with E-state index in [9.17, 15) is 8.78 Å². The highest BCUT2D eigenvalue weighted by Gasteiger charge is 2.30. The predicted octanol–water partition coefficient (Wildman–Crippen LogP) is 2.24. The van der Waals surface area contributed by atoms with Crippen LogP contribution in [-0.4, -0.2) is 42.0 Å². The monoisotopic (exact) mass is 252 g/mol. The van der Waals surface area contributed by atoms with Crippen LogP contribution in [-0.2, 0) is 6.54 Å². The molecule has 1 unspecified atom stereocenters. The van der Waals surface area contributed by atoms with Crippen LogP contribution in [0.2, 0.25) is 0 Å². The number of halogens is 2. The van der Waals surface area contributed by atoms with Gasteiger partial charge in [0.05, 0.1) is 0 Å². The molecule has 2 fully saturated rings. The van der Waals surface area contributed by atoms with Crippen molar-refractivity contribution in [1.82, 2.24) is 9.80 Å². The quantitative estimate of drug-likeness (QED) is 0.796. The molecule has 0 N–H and O–H groups in total. The summed E-state index contributed by atoms with van der Waals surface area (Å²) in [5.74, 6) is -1.51. The van der Waals surface area contributed by atoms with Gasteiger partial charge in [-0.3, -0.25) is 9.80 Å². The third-order valence-electron chi connectivity index (χ3n) is 4.06. The standard InChI is InChI=1S/C14H18F2N2/c15-13-4-3-11(8-14(13)16)9-17-6-7-18-5-1-2-12(18)10-17/h3-4,8,12H,1-2,5-7,9-10H2. The average Bonchev–Trinajstić information content (AvgIpc) is 2.81. The first-order chi connectivity index (χ1) is 8.72. The molecule has 2 heterocycles. The zero-order chi connectivity index (χ0) is 12.5. The molecule has 0 bridgehead atoms. The minimum Gasteiger partial charge on any atom is -0.298 e. The molecule has 0 radical (unpaired) electrons. The van der Waals surface area contributed by atoms with E-state index in [0.717, 1.165) is 31.7 Å². The maximum Gasteiger partial charge on any atom is 0.159 e. The van der Waals surface area contributed by atoms with Crippen LogP contribution in [0.15, 0.2) is 18.2 Å². The first-order valence-corrected chi connectivity index (χ1v) is 6.63. The zero-order valence-electron chi connectivity index (χ0n) is 10.4. The smallest absolute Gasteiger partial charge is 0.159 e. The van der Waals surface area contributed by atoms with Crippen molar-refractivity contribution in [1.29, 1.82) is 0 Å². The van der Waals surface area contributed by atoms with Crippen molar-refractivity contribution in [3.63, 3.8) is 0 Å². The minimum atomic E-state index is -0.764. The van der Waals surface area contributed by atoms with Crippen molar-refractivity contribution in [2.24, 2.45) is 0 Å². The Labute approximate surface area is 106 Å². The van der Waals surface area contributed by atoms with E-state index in [0.29, 0.717) is 6.04 Å². The molecule has 1 aromatic rings. The van der Waals surface area contributed by atoms with E-state index in [1.807, 2.05) is 0 Å². The average molecular weight is 252 g/mol. The molecule has 1 atom stereocenters. The fraction of sp³-hybridized carbons (Fsp3) is 0.571. The maximum atomic E-state index is 13.1.